The van der Waals surface area contributed by atoms with Gasteiger partial charge >= 0.3 is 5.97 Å². The highest BCUT2D eigenvalue weighted by atomic mass is 32.1. The van der Waals surface area contributed by atoms with E-state index in [2.05, 4.69) is 29.1 Å². The van der Waals surface area contributed by atoms with Crippen LogP contribution in [0, 0.1) is 0 Å². The first-order valence-corrected chi connectivity index (χ1v) is 6.51. The van der Waals surface area contributed by atoms with Crippen molar-refractivity contribution in [3.05, 3.63) is 22.4 Å². The smallest absolute Gasteiger partial charge is 0.303 e. The van der Waals surface area contributed by atoms with Crippen LogP contribution in [-0.4, -0.2) is 23.2 Å². The van der Waals surface area contributed by atoms with Gasteiger partial charge in [0.25, 0.3) is 0 Å². The zero-order valence-corrected chi connectivity index (χ0v) is 10.6. The second-order valence-electron chi connectivity index (χ2n) is 4.24. The lowest BCUT2D eigenvalue weighted by molar-refractivity contribution is -0.137. The van der Waals surface area contributed by atoms with Crippen molar-refractivity contribution in [3.63, 3.8) is 0 Å². The molecule has 1 aromatic heterocycles. The molecule has 0 aromatic carbocycles. The molecule has 0 spiro atoms. The second kappa shape index (κ2) is 6.66. The highest BCUT2D eigenvalue weighted by molar-refractivity contribution is 7.07. The Balaban J connectivity index is 2.22. The van der Waals surface area contributed by atoms with E-state index in [0.717, 1.165) is 6.42 Å². The van der Waals surface area contributed by atoms with Gasteiger partial charge in [0.2, 0.25) is 0 Å². The van der Waals surface area contributed by atoms with E-state index in [1.807, 2.05) is 6.92 Å². The molecule has 3 nitrogen and oxygen atoms in total. The van der Waals surface area contributed by atoms with Crippen molar-refractivity contribution in [2.45, 2.75) is 45.2 Å². The van der Waals surface area contributed by atoms with Crippen molar-refractivity contribution < 1.29 is 9.90 Å². The van der Waals surface area contributed by atoms with Crippen molar-refractivity contribution in [2.75, 3.05) is 0 Å². The summed E-state index contributed by atoms with van der Waals surface area (Å²) in [6.45, 7) is 4.17. The van der Waals surface area contributed by atoms with Gasteiger partial charge in [-0.3, -0.25) is 4.79 Å². The molecule has 16 heavy (non-hydrogen) atoms. The van der Waals surface area contributed by atoms with Crippen molar-refractivity contribution in [2.24, 2.45) is 0 Å². The minimum absolute atomic E-state index is 0.235. The van der Waals surface area contributed by atoms with Crippen molar-refractivity contribution in [1.82, 2.24) is 5.32 Å². The molecule has 90 valence electrons. The molecule has 0 saturated carbocycles. The zero-order chi connectivity index (χ0) is 12.0. The van der Waals surface area contributed by atoms with Crippen LogP contribution < -0.4 is 5.32 Å². The fourth-order valence-electron chi connectivity index (χ4n) is 1.73. The number of hydrogen-bond donors (Lipinski definition) is 2. The molecule has 0 bridgehead atoms. The molecule has 0 radical (unpaired) electrons. The van der Waals surface area contributed by atoms with Gasteiger partial charge in [-0.15, -0.1) is 0 Å². The van der Waals surface area contributed by atoms with Crippen molar-refractivity contribution in [3.8, 4) is 0 Å². The highest BCUT2D eigenvalue weighted by Crippen LogP contribution is 2.09. The van der Waals surface area contributed by atoms with E-state index in [-0.39, 0.29) is 12.5 Å². The largest absolute Gasteiger partial charge is 0.481 e. The summed E-state index contributed by atoms with van der Waals surface area (Å²) in [6.07, 6.45) is 1.92. The van der Waals surface area contributed by atoms with Gasteiger partial charge in [0.05, 0.1) is 0 Å². The molecule has 0 fully saturated rings. The van der Waals surface area contributed by atoms with Gasteiger partial charge in [-0.25, -0.2) is 0 Å². The van der Waals surface area contributed by atoms with Crippen LogP contribution in [0.25, 0.3) is 0 Å². The third-order valence-electron chi connectivity index (χ3n) is 2.48. The summed E-state index contributed by atoms with van der Waals surface area (Å²) in [5.41, 5.74) is 1.34. The Morgan fingerprint density at radius 3 is 2.81 bits per heavy atom. The van der Waals surface area contributed by atoms with Crippen LogP contribution in [0.4, 0.5) is 0 Å². The molecule has 2 N–H and O–H groups in total. The lowest BCUT2D eigenvalue weighted by Crippen LogP contribution is -2.36. The van der Waals surface area contributed by atoms with Crippen LogP contribution in [0.15, 0.2) is 16.8 Å². The lowest BCUT2D eigenvalue weighted by atomic mass is 10.1. The average molecular weight is 241 g/mol. The fraction of sp³-hybridized carbons (Fsp3) is 0.583. The van der Waals surface area contributed by atoms with Crippen LogP contribution in [0.5, 0.6) is 0 Å². The van der Waals surface area contributed by atoms with Gasteiger partial charge in [0.1, 0.15) is 0 Å². The monoisotopic (exact) mass is 241 g/mol. The Morgan fingerprint density at radius 1 is 1.50 bits per heavy atom. The summed E-state index contributed by atoms with van der Waals surface area (Å²) < 4.78 is 0. The molecule has 0 aliphatic rings. The standard InChI is InChI=1S/C12H19NO2S/c1-9(3-4-12(14)15)13-10(2)7-11-5-6-16-8-11/h5-6,8-10,13H,3-4,7H2,1-2H3,(H,14,15). The maximum Gasteiger partial charge on any atom is 0.303 e. The van der Waals surface area contributed by atoms with E-state index >= 15 is 0 Å². The van der Waals surface area contributed by atoms with Crippen LogP contribution in [0.2, 0.25) is 0 Å². The van der Waals surface area contributed by atoms with Gasteiger partial charge in [-0.1, -0.05) is 0 Å². The normalized spacial score (nSPS) is 14.6. The number of carboxylic acids is 1. The van der Waals surface area contributed by atoms with Gasteiger partial charge in [-0.2, -0.15) is 11.3 Å². The maximum absolute atomic E-state index is 10.4. The molecule has 0 aliphatic carbocycles. The Bertz CT molecular complexity index is 311. The molecule has 0 saturated heterocycles. The first-order chi connectivity index (χ1) is 7.58. The van der Waals surface area contributed by atoms with Gasteiger partial charge in [0, 0.05) is 18.5 Å². The number of carboxylic acid groups (broad SMARTS) is 1. The highest BCUT2D eigenvalue weighted by Gasteiger charge is 2.09. The summed E-state index contributed by atoms with van der Waals surface area (Å²) in [5.74, 6) is -0.723. The summed E-state index contributed by atoms with van der Waals surface area (Å²) >= 11 is 1.71. The minimum Gasteiger partial charge on any atom is -0.481 e. The van der Waals surface area contributed by atoms with Crippen LogP contribution >= 0.6 is 11.3 Å². The number of nitrogens with one attached hydrogen (secondary N) is 1. The lowest BCUT2D eigenvalue weighted by Gasteiger charge is -2.19. The van der Waals surface area contributed by atoms with E-state index in [1.54, 1.807) is 11.3 Å². The number of rotatable bonds is 7. The minimum atomic E-state index is -0.723. The van der Waals surface area contributed by atoms with Gasteiger partial charge in [-0.05, 0) is 49.1 Å². The quantitative estimate of drug-likeness (QED) is 0.771. The van der Waals surface area contributed by atoms with Crippen LogP contribution in [0.1, 0.15) is 32.3 Å². The third kappa shape index (κ3) is 5.28. The molecule has 0 amide bonds. The Morgan fingerprint density at radius 2 is 2.25 bits per heavy atom. The summed E-state index contributed by atoms with van der Waals surface area (Å²) in [5, 5.41) is 16.2. The maximum atomic E-state index is 10.4. The van der Waals surface area contributed by atoms with E-state index in [4.69, 9.17) is 5.11 Å². The Kier molecular flexibility index (Phi) is 5.49. The van der Waals surface area contributed by atoms with Crippen LogP contribution in [0.3, 0.4) is 0 Å². The van der Waals surface area contributed by atoms with Gasteiger partial charge in [0.15, 0.2) is 0 Å². The topological polar surface area (TPSA) is 49.3 Å². The first kappa shape index (κ1) is 13.2. The molecular formula is C12H19NO2S. The Hall–Kier alpha value is -0.870. The number of aliphatic carboxylic acids is 1. The molecule has 1 heterocycles. The molecule has 1 rings (SSSR count). The molecule has 2 unspecified atom stereocenters. The molecule has 4 heteroatoms. The SMILES string of the molecule is CC(CCC(=O)O)NC(C)Cc1ccsc1. The van der Waals surface area contributed by atoms with E-state index in [0.29, 0.717) is 12.5 Å². The van der Waals surface area contributed by atoms with Gasteiger partial charge < -0.3 is 10.4 Å². The predicted molar refractivity (Wildman–Crippen MR) is 67.0 cm³/mol. The van der Waals surface area contributed by atoms with Crippen molar-refractivity contribution in [1.29, 1.82) is 0 Å². The molecule has 2 atom stereocenters. The fourth-order valence-corrected chi connectivity index (χ4v) is 2.41. The van der Waals surface area contributed by atoms with Crippen molar-refractivity contribution >= 4 is 17.3 Å². The first-order valence-electron chi connectivity index (χ1n) is 5.57. The van der Waals surface area contributed by atoms with E-state index in [9.17, 15) is 4.79 Å². The van der Waals surface area contributed by atoms with E-state index in [1.165, 1.54) is 5.56 Å². The number of thiophene rings is 1. The zero-order valence-electron chi connectivity index (χ0n) is 9.77. The summed E-state index contributed by atoms with van der Waals surface area (Å²) in [6, 6.07) is 2.77. The average Bonchev–Trinajstić information content (AvgIpc) is 2.67. The predicted octanol–water partition coefficient (Wildman–Crippen LogP) is 2.52. The van der Waals surface area contributed by atoms with Crippen LogP contribution in [-0.2, 0) is 11.2 Å². The molecule has 1 aromatic rings. The Labute approximate surface area is 100 Å². The summed E-state index contributed by atoms with van der Waals surface area (Å²) in [7, 11) is 0. The third-order valence-corrected chi connectivity index (χ3v) is 3.21. The second-order valence-corrected chi connectivity index (χ2v) is 5.02. The molecule has 0 aliphatic heterocycles. The van der Waals surface area contributed by atoms with E-state index < -0.39 is 5.97 Å². The number of carbonyl (C=O) groups is 1. The molecular weight excluding hydrogens is 222 g/mol. The summed E-state index contributed by atoms with van der Waals surface area (Å²) in [4.78, 5) is 10.4. The number of hydrogen-bond acceptors (Lipinski definition) is 3.